The van der Waals surface area contributed by atoms with Crippen molar-refractivity contribution in [3.8, 4) is 11.3 Å². The zero-order valence-electron chi connectivity index (χ0n) is 15.9. The maximum absolute atomic E-state index is 5.40. The maximum atomic E-state index is 5.40. The highest BCUT2D eigenvalue weighted by atomic mass is 16.5. The number of nitrogens with one attached hydrogen (secondary N) is 1. The molecule has 0 aliphatic carbocycles. The molecular weight excluding hydrogens is 338 g/mol. The van der Waals surface area contributed by atoms with Gasteiger partial charge in [-0.3, -0.25) is 4.90 Å². The van der Waals surface area contributed by atoms with Gasteiger partial charge in [0.1, 0.15) is 5.82 Å². The highest BCUT2D eigenvalue weighted by Crippen LogP contribution is 2.31. The van der Waals surface area contributed by atoms with E-state index in [0.29, 0.717) is 6.54 Å². The molecular formula is C21H27N5O. The van der Waals surface area contributed by atoms with Crippen LogP contribution in [0.5, 0.6) is 0 Å². The fraction of sp³-hybridized carbons (Fsp3) is 0.476. The molecule has 27 heavy (non-hydrogen) atoms. The molecule has 4 rings (SSSR count). The van der Waals surface area contributed by atoms with Crippen LogP contribution in [-0.2, 0) is 13.0 Å². The first-order valence-corrected chi connectivity index (χ1v) is 9.99. The van der Waals surface area contributed by atoms with Crippen molar-refractivity contribution >= 4 is 0 Å². The summed E-state index contributed by atoms with van der Waals surface area (Å²) in [6.07, 6.45) is 8.54. The van der Waals surface area contributed by atoms with E-state index in [1.54, 1.807) is 0 Å². The van der Waals surface area contributed by atoms with Crippen molar-refractivity contribution in [2.24, 2.45) is 0 Å². The third kappa shape index (κ3) is 4.27. The minimum atomic E-state index is 0.272. The topological polar surface area (TPSA) is 70.8 Å². The molecule has 3 heterocycles. The number of rotatable bonds is 7. The molecule has 1 aliphatic heterocycles. The van der Waals surface area contributed by atoms with Gasteiger partial charge in [0.25, 0.3) is 0 Å². The second-order valence-corrected chi connectivity index (χ2v) is 7.24. The smallest absolute Gasteiger partial charge is 0.226 e. The molecule has 0 amide bonds. The summed E-state index contributed by atoms with van der Waals surface area (Å²) >= 11 is 0. The van der Waals surface area contributed by atoms with E-state index >= 15 is 0 Å². The predicted molar refractivity (Wildman–Crippen MR) is 104 cm³/mol. The first-order chi connectivity index (χ1) is 13.3. The Balaban J connectivity index is 1.48. The van der Waals surface area contributed by atoms with E-state index in [4.69, 9.17) is 9.51 Å². The lowest BCUT2D eigenvalue weighted by atomic mass is 10.0. The summed E-state index contributed by atoms with van der Waals surface area (Å²) in [6, 6.07) is 10.6. The van der Waals surface area contributed by atoms with Crippen molar-refractivity contribution in [3.05, 3.63) is 54.1 Å². The van der Waals surface area contributed by atoms with Crippen molar-refractivity contribution < 1.29 is 4.52 Å². The number of H-pyrrole nitrogens is 1. The fourth-order valence-electron chi connectivity index (χ4n) is 3.73. The lowest BCUT2D eigenvalue weighted by Gasteiger charge is -2.33. The monoisotopic (exact) mass is 365 g/mol. The Morgan fingerprint density at radius 3 is 2.96 bits per heavy atom. The Bertz CT molecular complexity index is 841. The molecule has 1 aromatic carbocycles. The number of aryl methyl sites for hydroxylation is 1. The molecule has 0 spiro atoms. The number of aromatic nitrogens is 4. The van der Waals surface area contributed by atoms with Crippen LogP contribution < -0.4 is 0 Å². The molecule has 1 N–H and O–H groups in total. The van der Waals surface area contributed by atoms with Gasteiger partial charge in [0.15, 0.2) is 5.82 Å². The second-order valence-electron chi connectivity index (χ2n) is 7.24. The molecule has 3 aromatic rings. The van der Waals surface area contributed by atoms with E-state index in [1.165, 1.54) is 12.8 Å². The summed E-state index contributed by atoms with van der Waals surface area (Å²) in [5.74, 6) is 2.57. The van der Waals surface area contributed by atoms with Gasteiger partial charge in [-0.25, -0.2) is 4.98 Å². The summed E-state index contributed by atoms with van der Waals surface area (Å²) in [5.41, 5.74) is 2.23. The molecule has 2 aromatic heterocycles. The van der Waals surface area contributed by atoms with Crippen LogP contribution in [0.1, 0.15) is 62.6 Å². The van der Waals surface area contributed by atoms with Crippen LogP contribution in [0.3, 0.4) is 0 Å². The molecule has 1 aliphatic rings. The van der Waals surface area contributed by atoms with Crippen LogP contribution in [0.4, 0.5) is 0 Å². The number of likely N-dealkylation sites (tertiary alicyclic amines) is 1. The summed E-state index contributed by atoms with van der Waals surface area (Å²) in [7, 11) is 0. The Labute approximate surface area is 160 Å². The van der Waals surface area contributed by atoms with Gasteiger partial charge >= 0.3 is 0 Å². The molecule has 1 atom stereocenters. The molecule has 1 saturated heterocycles. The minimum Gasteiger partial charge on any atom is -0.341 e. The highest BCUT2D eigenvalue weighted by molar-refractivity contribution is 5.58. The average Bonchev–Trinajstić information content (AvgIpc) is 3.37. The third-order valence-electron chi connectivity index (χ3n) is 5.21. The first kappa shape index (κ1) is 17.9. The van der Waals surface area contributed by atoms with Crippen LogP contribution in [0.15, 0.2) is 41.1 Å². The van der Waals surface area contributed by atoms with Crippen molar-refractivity contribution in [2.75, 3.05) is 6.54 Å². The van der Waals surface area contributed by atoms with Crippen LogP contribution in [0.25, 0.3) is 11.3 Å². The molecule has 0 unspecified atom stereocenters. The second kappa shape index (κ2) is 8.48. The normalized spacial score (nSPS) is 18.0. The van der Waals surface area contributed by atoms with Crippen molar-refractivity contribution in [1.82, 2.24) is 25.0 Å². The van der Waals surface area contributed by atoms with E-state index in [0.717, 1.165) is 61.0 Å². The van der Waals surface area contributed by atoms with Crippen molar-refractivity contribution in [2.45, 2.75) is 58.0 Å². The quantitative estimate of drug-likeness (QED) is 0.666. The molecule has 0 bridgehead atoms. The zero-order valence-corrected chi connectivity index (χ0v) is 15.9. The lowest BCUT2D eigenvalue weighted by Crippen LogP contribution is -2.33. The molecule has 0 radical (unpaired) electrons. The third-order valence-corrected chi connectivity index (χ3v) is 5.21. The van der Waals surface area contributed by atoms with Crippen LogP contribution >= 0.6 is 0 Å². The van der Waals surface area contributed by atoms with Crippen LogP contribution in [0.2, 0.25) is 0 Å². The number of hydrogen-bond acceptors (Lipinski definition) is 5. The minimum absolute atomic E-state index is 0.272. The Hall–Kier alpha value is -2.47. The molecule has 6 heteroatoms. The van der Waals surface area contributed by atoms with Crippen molar-refractivity contribution in [1.29, 1.82) is 0 Å². The number of piperidine rings is 1. The van der Waals surface area contributed by atoms with Gasteiger partial charge in [0.05, 0.1) is 24.5 Å². The van der Waals surface area contributed by atoms with Gasteiger partial charge in [-0.1, -0.05) is 55.3 Å². The van der Waals surface area contributed by atoms with E-state index in [2.05, 4.69) is 51.2 Å². The Kier molecular flexibility index (Phi) is 5.63. The molecule has 1 fully saturated rings. The van der Waals surface area contributed by atoms with Crippen molar-refractivity contribution in [3.63, 3.8) is 0 Å². The number of imidazole rings is 1. The van der Waals surface area contributed by atoms with Crippen LogP contribution in [0, 0.1) is 0 Å². The van der Waals surface area contributed by atoms with Gasteiger partial charge in [-0.05, 0) is 31.4 Å². The Morgan fingerprint density at radius 1 is 1.22 bits per heavy atom. The lowest BCUT2D eigenvalue weighted by molar-refractivity contribution is 0.129. The van der Waals surface area contributed by atoms with E-state index in [9.17, 15) is 0 Å². The largest absolute Gasteiger partial charge is 0.341 e. The number of benzene rings is 1. The standard InChI is InChI=1S/C21H27N5O/c1-2-3-12-20-24-19(25-27-20)15-26-13-8-7-11-18(26)21-22-14-17(23-21)16-9-5-4-6-10-16/h4-6,9-10,14,18H,2-3,7-8,11-13,15H2,1H3,(H,22,23)/t18-/m0/s1. The summed E-state index contributed by atoms with van der Waals surface area (Å²) in [6.45, 7) is 3.91. The first-order valence-electron chi connectivity index (χ1n) is 9.99. The Morgan fingerprint density at radius 2 is 2.11 bits per heavy atom. The predicted octanol–water partition coefficient (Wildman–Crippen LogP) is 4.53. The summed E-state index contributed by atoms with van der Waals surface area (Å²) in [5, 5.41) is 4.19. The fourth-order valence-corrected chi connectivity index (χ4v) is 3.73. The van der Waals surface area contributed by atoms with E-state index < -0.39 is 0 Å². The highest BCUT2D eigenvalue weighted by Gasteiger charge is 2.27. The average molecular weight is 365 g/mol. The van der Waals surface area contributed by atoms with Gasteiger partial charge in [0.2, 0.25) is 5.89 Å². The number of aromatic amines is 1. The SMILES string of the molecule is CCCCc1nc(CN2CCCC[C@H]2c2ncc(-c3ccccc3)[nH]2)no1. The molecule has 0 saturated carbocycles. The van der Waals surface area contributed by atoms with Crippen LogP contribution in [-0.4, -0.2) is 31.6 Å². The van der Waals surface area contributed by atoms with E-state index in [1.807, 2.05) is 12.3 Å². The van der Waals surface area contributed by atoms with Gasteiger partial charge in [-0.15, -0.1) is 0 Å². The van der Waals surface area contributed by atoms with E-state index in [-0.39, 0.29) is 6.04 Å². The number of unbranched alkanes of at least 4 members (excludes halogenated alkanes) is 1. The van der Waals surface area contributed by atoms with Gasteiger partial charge in [-0.2, -0.15) is 4.98 Å². The number of hydrogen-bond donors (Lipinski definition) is 1. The number of nitrogens with zero attached hydrogens (tertiary/aromatic N) is 4. The molecule has 142 valence electrons. The van der Waals surface area contributed by atoms with Gasteiger partial charge < -0.3 is 9.51 Å². The molecule has 6 nitrogen and oxygen atoms in total. The maximum Gasteiger partial charge on any atom is 0.226 e. The zero-order chi connectivity index (χ0) is 18.5. The summed E-state index contributed by atoms with van der Waals surface area (Å²) in [4.78, 5) is 15.2. The van der Waals surface area contributed by atoms with Gasteiger partial charge in [0, 0.05) is 6.42 Å². The summed E-state index contributed by atoms with van der Waals surface area (Å²) < 4.78 is 5.40.